The molecule has 0 aliphatic heterocycles. The second kappa shape index (κ2) is 10.9. The minimum absolute atomic E-state index is 0. The molecule has 23 heavy (non-hydrogen) atoms. The number of rotatable bonds is 6. The Morgan fingerprint density at radius 3 is 2.26 bits per heavy atom. The van der Waals surface area contributed by atoms with E-state index in [0.717, 1.165) is 25.5 Å². The molecule has 0 fully saturated rings. The van der Waals surface area contributed by atoms with Gasteiger partial charge in [-0.1, -0.05) is 19.1 Å². The zero-order chi connectivity index (χ0) is 15.8. The number of aryl methyl sites for hydroxylation is 1. The van der Waals surface area contributed by atoms with Gasteiger partial charge in [-0.15, -0.1) is 47.1 Å². The fraction of sp³-hybridized carbons (Fsp3) is 0.353. The Morgan fingerprint density at radius 1 is 1.04 bits per heavy atom. The zero-order valence-electron chi connectivity index (χ0n) is 13.8. The van der Waals surface area contributed by atoms with Gasteiger partial charge in [0.2, 0.25) is 0 Å². The van der Waals surface area contributed by atoms with Crippen LogP contribution >= 0.6 is 47.1 Å². The molecule has 0 radical (unpaired) electrons. The third kappa shape index (κ3) is 6.73. The summed E-state index contributed by atoms with van der Waals surface area (Å²) in [5, 5.41) is 6.71. The number of nitrogens with zero attached hydrogens (tertiary/aromatic N) is 1. The molecular weight excluding hydrogens is 437 g/mol. The highest BCUT2D eigenvalue weighted by atomic mass is 127. The molecule has 0 unspecified atom stereocenters. The number of thioether (sulfide) groups is 1. The lowest BCUT2D eigenvalue weighted by Crippen LogP contribution is -2.36. The average molecular weight is 461 g/mol. The van der Waals surface area contributed by atoms with Crippen molar-refractivity contribution in [2.24, 2.45) is 4.99 Å². The predicted octanol–water partition coefficient (Wildman–Crippen LogP) is 4.52. The molecule has 0 atom stereocenters. The summed E-state index contributed by atoms with van der Waals surface area (Å²) in [5.41, 5.74) is 1.25. The van der Waals surface area contributed by atoms with E-state index in [2.05, 4.69) is 65.2 Å². The van der Waals surface area contributed by atoms with Gasteiger partial charge in [0.1, 0.15) is 0 Å². The molecule has 0 aliphatic rings. The summed E-state index contributed by atoms with van der Waals surface area (Å²) in [6, 6.07) is 13.0. The Hall–Kier alpha value is -0.730. The van der Waals surface area contributed by atoms with Crippen LogP contribution < -0.4 is 10.6 Å². The van der Waals surface area contributed by atoms with Crippen molar-refractivity contribution >= 4 is 53.0 Å². The van der Waals surface area contributed by atoms with Gasteiger partial charge in [0.05, 0.1) is 6.54 Å². The molecule has 3 nitrogen and oxygen atoms in total. The van der Waals surface area contributed by atoms with E-state index in [9.17, 15) is 0 Å². The van der Waals surface area contributed by atoms with Gasteiger partial charge in [0.25, 0.3) is 0 Å². The Morgan fingerprint density at radius 2 is 1.70 bits per heavy atom. The molecule has 6 heteroatoms. The van der Waals surface area contributed by atoms with Crippen molar-refractivity contribution in [1.29, 1.82) is 0 Å². The van der Waals surface area contributed by atoms with Crippen LogP contribution in [0.1, 0.15) is 22.2 Å². The smallest absolute Gasteiger partial charge is 0.191 e. The normalized spacial score (nSPS) is 11.0. The second-order valence-corrected chi connectivity index (χ2v) is 6.98. The maximum Gasteiger partial charge on any atom is 0.191 e. The predicted molar refractivity (Wildman–Crippen MR) is 114 cm³/mol. The molecule has 0 spiro atoms. The summed E-state index contributed by atoms with van der Waals surface area (Å²) in [5.74, 6) is 0.834. The SMILES string of the molecule is CCc1ccc(CNC(=NC)NCc2ccc(SC)cc2)s1.I. The molecule has 2 N–H and O–H groups in total. The third-order valence-corrected chi connectivity index (χ3v) is 5.31. The average Bonchev–Trinajstić information content (AvgIpc) is 3.03. The van der Waals surface area contributed by atoms with Crippen LogP contribution in [0.2, 0.25) is 0 Å². The van der Waals surface area contributed by atoms with Crippen LogP contribution in [0.5, 0.6) is 0 Å². The van der Waals surface area contributed by atoms with Crippen LogP contribution in [0.3, 0.4) is 0 Å². The Bertz CT molecular complexity index is 609. The zero-order valence-corrected chi connectivity index (χ0v) is 17.7. The quantitative estimate of drug-likeness (QED) is 0.288. The highest BCUT2D eigenvalue weighted by Crippen LogP contribution is 2.16. The first kappa shape index (κ1) is 20.3. The largest absolute Gasteiger partial charge is 0.352 e. The molecule has 2 aromatic rings. The summed E-state index contributed by atoms with van der Waals surface area (Å²) in [4.78, 5) is 8.32. The van der Waals surface area contributed by atoms with E-state index < -0.39 is 0 Å². The van der Waals surface area contributed by atoms with E-state index in [4.69, 9.17) is 0 Å². The van der Waals surface area contributed by atoms with E-state index in [1.54, 1.807) is 18.8 Å². The lowest BCUT2D eigenvalue weighted by Gasteiger charge is -2.11. The van der Waals surface area contributed by atoms with E-state index in [1.807, 2.05) is 11.3 Å². The van der Waals surface area contributed by atoms with Crippen LogP contribution in [0.15, 0.2) is 46.3 Å². The molecular formula is C17H24IN3S2. The molecule has 0 saturated carbocycles. The topological polar surface area (TPSA) is 36.4 Å². The maximum absolute atomic E-state index is 4.27. The van der Waals surface area contributed by atoms with Crippen molar-refractivity contribution < 1.29 is 0 Å². The van der Waals surface area contributed by atoms with Crippen molar-refractivity contribution in [3.8, 4) is 0 Å². The van der Waals surface area contributed by atoms with Gasteiger partial charge in [0, 0.05) is 28.2 Å². The molecule has 1 aromatic carbocycles. The molecule has 0 saturated heterocycles. The highest BCUT2D eigenvalue weighted by molar-refractivity contribution is 14.0. The molecule has 0 bridgehead atoms. The fourth-order valence-corrected chi connectivity index (χ4v) is 3.33. The first-order valence-electron chi connectivity index (χ1n) is 7.40. The number of thiophene rings is 1. The van der Waals surface area contributed by atoms with Crippen molar-refractivity contribution in [3.05, 3.63) is 51.7 Å². The number of nitrogens with one attached hydrogen (secondary N) is 2. The van der Waals surface area contributed by atoms with Crippen LogP contribution in [0, 0.1) is 0 Å². The highest BCUT2D eigenvalue weighted by Gasteiger charge is 2.02. The third-order valence-electron chi connectivity index (χ3n) is 3.34. The van der Waals surface area contributed by atoms with Gasteiger partial charge in [0.15, 0.2) is 5.96 Å². The Balaban J connectivity index is 0.00000264. The van der Waals surface area contributed by atoms with Gasteiger partial charge >= 0.3 is 0 Å². The lowest BCUT2D eigenvalue weighted by atomic mass is 10.2. The fourth-order valence-electron chi connectivity index (χ4n) is 2.03. The van der Waals surface area contributed by atoms with Crippen molar-refractivity contribution in [1.82, 2.24) is 10.6 Å². The molecule has 0 amide bonds. The number of aliphatic imine (C=N–C) groups is 1. The number of hydrogen-bond donors (Lipinski definition) is 2. The van der Waals surface area contributed by atoms with E-state index in [1.165, 1.54) is 20.2 Å². The van der Waals surface area contributed by atoms with Crippen LogP contribution in [0.4, 0.5) is 0 Å². The molecule has 126 valence electrons. The Kier molecular flexibility index (Phi) is 9.66. The summed E-state index contributed by atoms with van der Waals surface area (Å²) in [6.07, 6.45) is 3.19. The van der Waals surface area contributed by atoms with Crippen molar-refractivity contribution in [2.45, 2.75) is 31.3 Å². The number of benzene rings is 1. The van der Waals surface area contributed by atoms with E-state index in [-0.39, 0.29) is 24.0 Å². The van der Waals surface area contributed by atoms with Gasteiger partial charge < -0.3 is 10.6 Å². The van der Waals surface area contributed by atoms with Crippen molar-refractivity contribution in [3.63, 3.8) is 0 Å². The van der Waals surface area contributed by atoms with Gasteiger partial charge in [-0.3, -0.25) is 4.99 Å². The number of guanidine groups is 1. The first-order chi connectivity index (χ1) is 10.7. The second-order valence-electron chi connectivity index (χ2n) is 4.85. The van der Waals surface area contributed by atoms with Gasteiger partial charge in [-0.05, 0) is 42.5 Å². The van der Waals surface area contributed by atoms with Crippen LogP contribution in [-0.2, 0) is 19.5 Å². The van der Waals surface area contributed by atoms with Gasteiger partial charge in [-0.2, -0.15) is 0 Å². The van der Waals surface area contributed by atoms with Crippen LogP contribution in [-0.4, -0.2) is 19.3 Å². The molecule has 0 aliphatic carbocycles. The number of hydrogen-bond acceptors (Lipinski definition) is 3. The minimum atomic E-state index is 0. The van der Waals surface area contributed by atoms with E-state index >= 15 is 0 Å². The standard InChI is InChI=1S/C17H23N3S2.HI/c1-4-14-9-10-16(22-14)12-20-17(18-2)19-11-13-5-7-15(21-3)8-6-13;/h5-10H,4,11-12H2,1-3H3,(H2,18,19,20);1H. The minimum Gasteiger partial charge on any atom is -0.352 e. The lowest BCUT2D eigenvalue weighted by molar-refractivity contribution is 0.815. The monoisotopic (exact) mass is 461 g/mol. The Labute approximate surface area is 164 Å². The van der Waals surface area contributed by atoms with Gasteiger partial charge in [-0.25, -0.2) is 0 Å². The molecule has 2 rings (SSSR count). The summed E-state index contributed by atoms with van der Waals surface area (Å²) < 4.78 is 0. The maximum atomic E-state index is 4.27. The molecule has 1 aromatic heterocycles. The van der Waals surface area contributed by atoms with Crippen molar-refractivity contribution in [2.75, 3.05) is 13.3 Å². The first-order valence-corrected chi connectivity index (χ1v) is 9.44. The summed E-state index contributed by atoms with van der Waals surface area (Å²) >= 11 is 3.62. The van der Waals surface area contributed by atoms with Crippen LogP contribution in [0.25, 0.3) is 0 Å². The molecule has 1 heterocycles. The summed E-state index contributed by atoms with van der Waals surface area (Å²) in [6.45, 7) is 3.78. The summed E-state index contributed by atoms with van der Waals surface area (Å²) in [7, 11) is 1.80. The van der Waals surface area contributed by atoms with E-state index in [0.29, 0.717) is 0 Å². The number of halogens is 1.